The lowest BCUT2D eigenvalue weighted by Crippen LogP contribution is -2.37. The third kappa shape index (κ3) is 4.47. The molecule has 0 aromatic heterocycles. The van der Waals surface area contributed by atoms with E-state index in [0.29, 0.717) is 6.54 Å². The molecule has 20 heavy (non-hydrogen) atoms. The second kappa shape index (κ2) is 8.66. The lowest BCUT2D eigenvalue weighted by molar-refractivity contribution is 0.174. The number of hydrogen-bond donors (Lipinski definition) is 1. The van der Waals surface area contributed by atoms with Crippen LogP contribution < -0.4 is 5.73 Å². The maximum Gasteiger partial charge on any atom is 0.0473 e. The summed E-state index contributed by atoms with van der Waals surface area (Å²) in [6, 6.07) is 6.42. The molecule has 3 heteroatoms. The molecule has 0 saturated heterocycles. The molecule has 1 aromatic rings. The van der Waals surface area contributed by atoms with Crippen molar-refractivity contribution < 1.29 is 0 Å². The first-order valence-corrected chi connectivity index (χ1v) is 8.15. The fraction of sp³-hybridized carbons (Fsp3) is 0.647. The van der Waals surface area contributed by atoms with Crippen molar-refractivity contribution >= 4 is 11.6 Å². The molecule has 0 saturated carbocycles. The minimum atomic E-state index is 0.290. The highest BCUT2D eigenvalue weighted by Gasteiger charge is 2.21. The summed E-state index contributed by atoms with van der Waals surface area (Å²) < 4.78 is 0. The van der Waals surface area contributed by atoms with E-state index in [1.807, 2.05) is 12.1 Å². The van der Waals surface area contributed by atoms with Crippen LogP contribution in [0, 0.1) is 12.8 Å². The molecule has 2 N–H and O–H groups in total. The number of benzene rings is 1. The van der Waals surface area contributed by atoms with Crippen molar-refractivity contribution in [3.63, 3.8) is 0 Å². The smallest absolute Gasteiger partial charge is 0.0473 e. The Morgan fingerprint density at radius 3 is 2.30 bits per heavy atom. The van der Waals surface area contributed by atoms with E-state index in [2.05, 4.69) is 38.7 Å². The van der Waals surface area contributed by atoms with E-state index in [9.17, 15) is 0 Å². The normalized spacial score (nSPS) is 13.2. The van der Waals surface area contributed by atoms with E-state index in [1.165, 1.54) is 24.0 Å². The lowest BCUT2D eigenvalue weighted by Gasteiger charge is -2.33. The molecule has 0 bridgehead atoms. The molecular formula is C17H29ClN2. The molecule has 0 aliphatic heterocycles. The van der Waals surface area contributed by atoms with E-state index in [4.69, 9.17) is 17.3 Å². The van der Waals surface area contributed by atoms with E-state index < -0.39 is 0 Å². The Hall–Kier alpha value is -0.570. The number of rotatable bonds is 8. The van der Waals surface area contributed by atoms with Gasteiger partial charge in [-0.2, -0.15) is 0 Å². The van der Waals surface area contributed by atoms with Crippen molar-refractivity contribution in [2.75, 3.05) is 19.6 Å². The second-order valence-corrected chi connectivity index (χ2v) is 5.96. The van der Waals surface area contributed by atoms with E-state index >= 15 is 0 Å². The van der Waals surface area contributed by atoms with Crippen molar-refractivity contribution in [3.8, 4) is 0 Å². The molecule has 1 unspecified atom stereocenters. The topological polar surface area (TPSA) is 29.3 Å². The van der Waals surface area contributed by atoms with E-state index in [1.54, 1.807) is 0 Å². The molecule has 1 aromatic carbocycles. The number of aryl methyl sites for hydroxylation is 1. The van der Waals surface area contributed by atoms with Gasteiger partial charge in [0.1, 0.15) is 0 Å². The van der Waals surface area contributed by atoms with Gasteiger partial charge in [-0.25, -0.2) is 0 Å². The molecule has 0 radical (unpaired) electrons. The number of hydrogen-bond acceptors (Lipinski definition) is 2. The first-order chi connectivity index (χ1) is 9.57. The van der Waals surface area contributed by atoms with Gasteiger partial charge < -0.3 is 5.73 Å². The molecule has 2 nitrogen and oxygen atoms in total. The van der Waals surface area contributed by atoms with Crippen LogP contribution >= 0.6 is 11.6 Å². The minimum Gasteiger partial charge on any atom is -0.329 e. The van der Waals surface area contributed by atoms with Gasteiger partial charge in [0.2, 0.25) is 0 Å². The third-order valence-corrected chi connectivity index (χ3v) is 4.54. The predicted octanol–water partition coefficient (Wildman–Crippen LogP) is 4.41. The number of nitrogens with zero attached hydrogens (tertiary/aromatic N) is 1. The average molecular weight is 297 g/mol. The van der Waals surface area contributed by atoms with Gasteiger partial charge in [-0.15, -0.1) is 0 Å². The van der Waals surface area contributed by atoms with Crippen LogP contribution in [0.25, 0.3) is 0 Å². The Morgan fingerprint density at radius 1 is 1.20 bits per heavy atom. The van der Waals surface area contributed by atoms with Crippen LogP contribution in [0.4, 0.5) is 0 Å². The highest BCUT2D eigenvalue weighted by Crippen LogP contribution is 2.27. The monoisotopic (exact) mass is 296 g/mol. The Kier molecular flexibility index (Phi) is 7.57. The summed E-state index contributed by atoms with van der Waals surface area (Å²) >= 11 is 6.06. The minimum absolute atomic E-state index is 0.290. The van der Waals surface area contributed by atoms with Gasteiger partial charge >= 0.3 is 0 Å². The largest absolute Gasteiger partial charge is 0.329 e. The highest BCUT2D eigenvalue weighted by atomic mass is 35.5. The molecule has 0 heterocycles. The second-order valence-electron chi connectivity index (χ2n) is 5.52. The van der Waals surface area contributed by atoms with Crippen LogP contribution in [0.2, 0.25) is 5.02 Å². The van der Waals surface area contributed by atoms with Crippen LogP contribution in [0.15, 0.2) is 18.2 Å². The van der Waals surface area contributed by atoms with Gasteiger partial charge in [0.25, 0.3) is 0 Å². The molecule has 0 aliphatic carbocycles. The van der Waals surface area contributed by atoms with Gasteiger partial charge in [-0.05, 0) is 42.6 Å². The van der Waals surface area contributed by atoms with Gasteiger partial charge in [-0.1, -0.05) is 51.3 Å². The molecule has 0 spiro atoms. The van der Waals surface area contributed by atoms with Crippen molar-refractivity contribution in [3.05, 3.63) is 34.3 Å². The summed E-state index contributed by atoms with van der Waals surface area (Å²) in [6.45, 7) is 11.7. The summed E-state index contributed by atoms with van der Waals surface area (Å²) in [5, 5.41) is 0.796. The molecule has 0 fully saturated rings. The van der Waals surface area contributed by atoms with E-state index in [-0.39, 0.29) is 6.04 Å². The molecule has 114 valence electrons. The Labute approximate surface area is 129 Å². The zero-order valence-electron chi connectivity index (χ0n) is 13.3. The third-order valence-electron chi connectivity index (χ3n) is 4.31. The zero-order valence-corrected chi connectivity index (χ0v) is 14.1. The van der Waals surface area contributed by atoms with Gasteiger partial charge in [0.15, 0.2) is 0 Å². The van der Waals surface area contributed by atoms with E-state index in [0.717, 1.165) is 24.0 Å². The predicted molar refractivity (Wildman–Crippen MR) is 89.3 cm³/mol. The Bertz CT molecular complexity index is 402. The summed E-state index contributed by atoms with van der Waals surface area (Å²) in [5.41, 5.74) is 8.61. The summed E-state index contributed by atoms with van der Waals surface area (Å²) in [7, 11) is 0. The lowest BCUT2D eigenvalue weighted by atomic mass is 9.97. The zero-order chi connectivity index (χ0) is 15.1. The number of likely N-dealkylation sites (N-methyl/N-ethyl adjacent to an activating group) is 1. The summed E-state index contributed by atoms with van der Waals surface area (Å²) in [6.07, 6.45) is 2.45. The Balaban J connectivity index is 2.96. The molecule has 1 atom stereocenters. The quantitative estimate of drug-likeness (QED) is 0.770. The SMILES string of the molecule is CCC(CC)CN(CC)C(CN)c1ccc(Cl)cc1C. The van der Waals surface area contributed by atoms with Gasteiger partial charge in [0, 0.05) is 24.2 Å². The maximum atomic E-state index is 6.07. The van der Waals surface area contributed by atoms with Crippen molar-refractivity contribution in [1.82, 2.24) is 4.90 Å². The van der Waals surface area contributed by atoms with Gasteiger partial charge in [0.05, 0.1) is 0 Å². The van der Waals surface area contributed by atoms with Crippen LogP contribution in [-0.4, -0.2) is 24.5 Å². The van der Waals surface area contributed by atoms with Crippen molar-refractivity contribution in [2.45, 2.75) is 46.6 Å². The first-order valence-electron chi connectivity index (χ1n) is 7.77. The highest BCUT2D eigenvalue weighted by molar-refractivity contribution is 6.30. The molecule has 1 rings (SSSR count). The van der Waals surface area contributed by atoms with Gasteiger partial charge in [-0.3, -0.25) is 4.90 Å². The van der Waals surface area contributed by atoms with Crippen molar-refractivity contribution in [1.29, 1.82) is 0 Å². The standard InChI is InChI=1S/C17H29ClN2/c1-5-14(6-2)12-20(7-3)17(11-19)16-9-8-15(18)10-13(16)4/h8-10,14,17H,5-7,11-12,19H2,1-4H3. The Morgan fingerprint density at radius 2 is 1.85 bits per heavy atom. The van der Waals surface area contributed by atoms with Crippen LogP contribution in [0.1, 0.15) is 50.8 Å². The fourth-order valence-corrected chi connectivity index (χ4v) is 3.07. The molecular weight excluding hydrogens is 268 g/mol. The van der Waals surface area contributed by atoms with Crippen molar-refractivity contribution in [2.24, 2.45) is 11.7 Å². The van der Waals surface area contributed by atoms with Crippen LogP contribution in [0.3, 0.4) is 0 Å². The van der Waals surface area contributed by atoms with Crippen LogP contribution in [0.5, 0.6) is 0 Å². The number of nitrogens with two attached hydrogens (primary N) is 1. The summed E-state index contributed by atoms with van der Waals surface area (Å²) in [4.78, 5) is 2.51. The maximum absolute atomic E-state index is 6.07. The first kappa shape index (κ1) is 17.5. The molecule has 0 aliphatic rings. The van der Waals surface area contributed by atoms with Crippen LogP contribution in [-0.2, 0) is 0 Å². The average Bonchev–Trinajstić information content (AvgIpc) is 2.45. The summed E-state index contributed by atoms with van der Waals surface area (Å²) in [5.74, 6) is 0.747. The number of halogens is 1. The molecule has 0 amide bonds. The fourth-order valence-electron chi connectivity index (χ4n) is 2.84.